The molecule has 1 atom stereocenters. The third kappa shape index (κ3) is 4.65. The predicted molar refractivity (Wildman–Crippen MR) is 83.2 cm³/mol. The quantitative estimate of drug-likeness (QED) is 0.885. The van der Waals surface area contributed by atoms with Crippen molar-refractivity contribution in [3.8, 4) is 0 Å². The number of nitrogens with zero attached hydrogens (tertiary/aromatic N) is 1. The van der Waals surface area contributed by atoms with E-state index in [0.29, 0.717) is 6.04 Å². The van der Waals surface area contributed by atoms with Gasteiger partial charge in [-0.2, -0.15) is 0 Å². The highest BCUT2D eigenvalue weighted by molar-refractivity contribution is 9.11. The fourth-order valence-electron chi connectivity index (χ4n) is 2.55. The van der Waals surface area contributed by atoms with Gasteiger partial charge in [-0.3, -0.25) is 4.90 Å². The summed E-state index contributed by atoms with van der Waals surface area (Å²) in [6.45, 7) is 9.23. The van der Waals surface area contributed by atoms with Gasteiger partial charge in [0.05, 0.1) is 3.79 Å². The molecule has 1 N–H and O–H groups in total. The number of hydrogen-bond donors (Lipinski definition) is 1. The van der Waals surface area contributed by atoms with Gasteiger partial charge in [-0.05, 0) is 64.8 Å². The summed E-state index contributed by atoms with van der Waals surface area (Å²) in [4.78, 5) is 2.60. The second-order valence-corrected chi connectivity index (χ2v) is 7.86. The van der Waals surface area contributed by atoms with Gasteiger partial charge in [0.15, 0.2) is 0 Å². The first-order chi connectivity index (χ1) is 8.63. The van der Waals surface area contributed by atoms with Crippen molar-refractivity contribution in [1.29, 1.82) is 0 Å². The molecule has 0 aromatic carbocycles. The van der Waals surface area contributed by atoms with Crippen LogP contribution in [0.3, 0.4) is 0 Å². The molecule has 0 radical (unpaired) electrons. The smallest absolute Gasteiger partial charge is 0.0701 e. The van der Waals surface area contributed by atoms with Gasteiger partial charge in [-0.25, -0.2) is 0 Å². The minimum Gasteiger partial charge on any atom is -0.314 e. The number of halogens is 1. The lowest BCUT2D eigenvalue weighted by molar-refractivity contribution is 0.164. The van der Waals surface area contributed by atoms with E-state index in [1.807, 2.05) is 0 Å². The highest BCUT2D eigenvalue weighted by Crippen LogP contribution is 2.24. The van der Waals surface area contributed by atoms with Crippen LogP contribution in [0.5, 0.6) is 0 Å². The van der Waals surface area contributed by atoms with E-state index < -0.39 is 0 Å². The van der Waals surface area contributed by atoms with E-state index in [1.165, 1.54) is 41.8 Å². The fraction of sp³-hybridized carbons (Fsp3) is 0.714. The molecular weight excluding hydrogens is 308 g/mol. The monoisotopic (exact) mass is 330 g/mol. The van der Waals surface area contributed by atoms with E-state index in [4.69, 9.17) is 0 Å². The number of piperidine rings is 1. The molecule has 0 amide bonds. The topological polar surface area (TPSA) is 15.3 Å². The predicted octanol–water partition coefficient (Wildman–Crippen LogP) is 3.72. The summed E-state index contributed by atoms with van der Waals surface area (Å²) in [5.74, 6) is 0.822. The molecule has 1 aromatic rings. The van der Waals surface area contributed by atoms with Gasteiger partial charge < -0.3 is 5.32 Å². The maximum absolute atomic E-state index is 3.57. The summed E-state index contributed by atoms with van der Waals surface area (Å²) in [6, 6.07) is 2.86. The van der Waals surface area contributed by atoms with Crippen molar-refractivity contribution in [3.05, 3.63) is 20.8 Å². The molecule has 1 saturated heterocycles. The standard InChI is InChI=1S/C14H23BrN2S/c1-11(2)16-7-12-4-3-5-17(8-12)9-13-6-14(15)18-10-13/h6,10-12,16H,3-5,7-9H2,1-2H3. The summed E-state index contributed by atoms with van der Waals surface area (Å²) in [5.41, 5.74) is 1.45. The normalized spacial score (nSPS) is 21.7. The molecule has 2 rings (SSSR count). The van der Waals surface area contributed by atoms with Crippen LogP contribution in [0.2, 0.25) is 0 Å². The molecule has 1 aliphatic rings. The van der Waals surface area contributed by atoms with E-state index >= 15 is 0 Å². The van der Waals surface area contributed by atoms with Gasteiger partial charge in [0.1, 0.15) is 0 Å². The average molecular weight is 331 g/mol. The van der Waals surface area contributed by atoms with Crippen molar-refractivity contribution in [1.82, 2.24) is 10.2 Å². The van der Waals surface area contributed by atoms with E-state index in [2.05, 4.69) is 51.4 Å². The minimum absolute atomic E-state index is 0.605. The Hall–Kier alpha value is 0.100. The second-order valence-electron chi connectivity index (χ2n) is 5.57. The van der Waals surface area contributed by atoms with Crippen LogP contribution >= 0.6 is 27.3 Å². The van der Waals surface area contributed by atoms with Crippen LogP contribution in [-0.2, 0) is 6.54 Å². The maximum atomic E-state index is 3.57. The first-order valence-electron chi connectivity index (χ1n) is 6.82. The minimum atomic E-state index is 0.605. The average Bonchev–Trinajstić information content (AvgIpc) is 2.73. The molecule has 1 aromatic heterocycles. The SMILES string of the molecule is CC(C)NCC1CCCN(Cc2csc(Br)c2)C1. The molecule has 0 aliphatic carbocycles. The molecule has 0 saturated carbocycles. The van der Waals surface area contributed by atoms with Gasteiger partial charge in [-0.15, -0.1) is 11.3 Å². The molecule has 102 valence electrons. The summed E-state index contributed by atoms with van der Waals surface area (Å²) < 4.78 is 1.24. The van der Waals surface area contributed by atoms with Crippen molar-refractivity contribution in [2.24, 2.45) is 5.92 Å². The summed E-state index contributed by atoms with van der Waals surface area (Å²) in [7, 11) is 0. The molecule has 0 bridgehead atoms. The lowest BCUT2D eigenvalue weighted by atomic mass is 9.97. The Morgan fingerprint density at radius 1 is 1.56 bits per heavy atom. The number of likely N-dealkylation sites (tertiary alicyclic amines) is 1. The van der Waals surface area contributed by atoms with Crippen LogP contribution in [-0.4, -0.2) is 30.6 Å². The zero-order valence-electron chi connectivity index (χ0n) is 11.3. The first-order valence-corrected chi connectivity index (χ1v) is 8.49. The van der Waals surface area contributed by atoms with E-state index in [9.17, 15) is 0 Å². The molecule has 2 nitrogen and oxygen atoms in total. The molecule has 2 heterocycles. The van der Waals surface area contributed by atoms with E-state index in [0.717, 1.165) is 12.5 Å². The van der Waals surface area contributed by atoms with Crippen LogP contribution in [0.1, 0.15) is 32.3 Å². The molecule has 1 unspecified atom stereocenters. The third-order valence-electron chi connectivity index (χ3n) is 3.45. The molecule has 1 aliphatic heterocycles. The zero-order chi connectivity index (χ0) is 13.0. The van der Waals surface area contributed by atoms with Crippen molar-refractivity contribution in [3.63, 3.8) is 0 Å². The number of rotatable bonds is 5. The van der Waals surface area contributed by atoms with Crippen molar-refractivity contribution in [2.75, 3.05) is 19.6 Å². The van der Waals surface area contributed by atoms with Gasteiger partial charge in [-0.1, -0.05) is 13.8 Å². The van der Waals surface area contributed by atoms with E-state index in [-0.39, 0.29) is 0 Å². The summed E-state index contributed by atoms with van der Waals surface area (Å²) >= 11 is 5.33. The third-order valence-corrected chi connectivity index (χ3v) is 5.00. The Balaban J connectivity index is 1.79. The van der Waals surface area contributed by atoms with Crippen LogP contribution in [0, 0.1) is 5.92 Å². The summed E-state index contributed by atoms with van der Waals surface area (Å²) in [6.07, 6.45) is 2.72. The lowest BCUT2D eigenvalue weighted by Crippen LogP contribution is -2.40. The Kier molecular flexibility index (Phi) is 5.67. The van der Waals surface area contributed by atoms with Crippen LogP contribution in [0.15, 0.2) is 15.2 Å². The number of thiophene rings is 1. The highest BCUT2D eigenvalue weighted by Gasteiger charge is 2.20. The van der Waals surface area contributed by atoms with Crippen LogP contribution in [0.4, 0.5) is 0 Å². The Morgan fingerprint density at radius 2 is 2.39 bits per heavy atom. The number of hydrogen-bond acceptors (Lipinski definition) is 3. The second kappa shape index (κ2) is 7.04. The van der Waals surface area contributed by atoms with Gasteiger partial charge >= 0.3 is 0 Å². The molecule has 4 heteroatoms. The largest absolute Gasteiger partial charge is 0.314 e. The Labute approximate surface area is 123 Å². The first kappa shape index (κ1) is 14.5. The Bertz CT molecular complexity index is 364. The lowest BCUT2D eigenvalue weighted by Gasteiger charge is -2.33. The molecule has 0 spiro atoms. The van der Waals surface area contributed by atoms with Gasteiger partial charge in [0.25, 0.3) is 0 Å². The summed E-state index contributed by atoms with van der Waals surface area (Å²) in [5, 5.41) is 5.84. The van der Waals surface area contributed by atoms with Crippen molar-refractivity contribution in [2.45, 2.75) is 39.3 Å². The van der Waals surface area contributed by atoms with Gasteiger partial charge in [0, 0.05) is 19.1 Å². The van der Waals surface area contributed by atoms with Gasteiger partial charge in [0.2, 0.25) is 0 Å². The van der Waals surface area contributed by atoms with Crippen LogP contribution in [0.25, 0.3) is 0 Å². The number of nitrogens with one attached hydrogen (secondary N) is 1. The maximum Gasteiger partial charge on any atom is 0.0701 e. The fourth-order valence-corrected chi connectivity index (χ4v) is 3.75. The zero-order valence-corrected chi connectivity index (χ0v) is 13.7. The van der Waals surface area contributed by atoms with Crippen LogP contribution < -0.4 is 5.32 Å². The van der Waals surface area contributed by atoms with Crippen molar-refractivity contribution >= 4 is 27.3 Å². The molecule has 18 heavy (non-hydrogen) atoms. The Morgan fingerprint density at radius 3 is 3.06 bits per heavy atom. The van der Waals surface area contributed by atoms with E-state index in [1.54, 1.807) is 11.3 Å². The molecule has 1 fully saturated rings. The molecular formula is C14H23BrN2S. The highest BCUT2D eigenvalue weighted by atomic mass is 79.9. The van der Waals surface area contributed by atoms with Crippen molar-refractivity contribution < 1.29 is 0 Å².